The lowest BCUT2D eigenvalue weighted by molar-refractivity contribution is 0.0975. The first-order valence-corrected chi connectivity index (χ1v) is 8.07. The summed E-state index contributed by atoms with van der Waals surface area (Å²) in [7, 11) is 0. The minimum absolute atomic E-state index is 0.0961. The number of aromatic nitrogens is 2. The zero-order valence-electron chi connectivity index (χ0n) is 13.5. The van der Waals surface area contributed by atoms with Crippen molar-refractivity contribution in [2.24, 2.45) is 0 Å². The summed E-state index contributed by atoms with van der Waals surface area (Å²) in [5.41, 5.74) is 2.75. The smallest absolute Gasteiger partial charge is 0.184 e. The molecule has 0 fully saturated rings. The summed E-state index contributed by atoms with van der Waals surface area (Å²) in [5.74, 6) is 0.949. The predicted octanol–water partition coefficient (Wildman–Crippen LogP) is 4.40. The number of ether oxygens (including phenoxy) is 1. The number of fused-ring (bicyclic) bond motifs is 2. The maximum atomic E-state index is 12.7. The number of carbonyl (C=O) groups excluding carboxylic acids is 1. The number of para-hydroxylation sites is 1. The third-order valence-electron chi connectivity index (χ3n) is 4.26. The summed E-state index contributed by atoms with van der Waals surface area (Å²) in [6.45, 7) is 2.93. The van der Waals surface area contributed by atoms with E-state index in [0.29, 0.717) is 13.2 Å². The molecule has 0 aliphatic rings. The molecule has 2 aromatic carbocycles. The molecule has 2 aromatic heterocycles. The van der Waals surface area contributed by atoms with Gasteiger partial charge >= 0.3 is 0 Å². The Morgan fingerprint density at radius 1 is 1.17 bits per heavy atom. The molecule has 4 heteroatoms. The van der Waals surface area contributed by atoms with Crippen LogP contribution in [0.4, 0.5) is 0 Å². The Hall–Kier alpha value is -3.01. The van der Waals surface area contributed by atoms with Crippen LogP contribution in [0.15, 0.2) is 60.9 Å². The van der Waals surface area contributed by atoms with E-state index in [1.807, 2.05) is 66.2 Å². The molecule has 120 valence electrons. The van der Waals surface area contributed by atoms with Crippen molar-refractivity contribution in [3.63, 3.8) is 0 Å². The van der Waals surface area contributed by atoms with Gasteiger partial charge in [-0.2, -0.15) is 0 Å². The fourth-order valence-corrected chi connectivity index (χ4v) is 3.11. The molecule has 0 saturated carbocycles. The average Bonchev–Trinajstić information content (AvgIpc) is 3.19. The van der Waals surface area contributed by atoms with Crippen molar-refractivity contribution in [3.8, 4) is 5.75 Å². The number of hydrogen-bond donors (Lipinski definition) is 1. The van der Waals surface area contributed by atoms with Gasteiger partial charge in [0.1, 0.15) is 5.75 Å². The number of aromatic amines is 1. The Kier molecular flexibility index (Phi) is 3.58. The molecule has 0 aliphatic heterocycles. The SMILES string of the molecule is CCOc1ccc2c(ccn2CC(=O)c2c[nH]c3ccccc23)c1. The molecule has 0 atom stereocenters. The van der Waals surface area contributed by atoms with E-state index in [0.717, 1.165) is 33.1 Å². The van der Waals surface area contributed by atoms with Crippen LogP contribution in [0.1, 0.15) is 17.3 Å². The summed E-state index contributed by atoms with van der Waals surface area (Å²) >= 11 is 0. The highest BCUT2D eigenvalue weighted by Gasteiger charge is 2.13. The highest BCUT2D eigenvalue weighted by Crippen LogP contribution is 2.23. The molecule has 0 radical (unpaired) electrons. The van der Waals surface area contributed by atoms with Crippen molar-refractivity contribution in [1.29, 1.82) is 0 Å². The first kappa shape index (κ1) is 14.6. The molecule has 4 rings (SSSR count). The predicted molar refractivity (Wildman–Crippen MR) is 95.7 cm³/mol. The van der Waals surface area contributed by atoms with Crippen LogP contribution in [0, 0.1) is 0 Å². The average molecular weight is 318 g/mol. The molecule has 0 aliphatic carbocycles. The van der Waals surface area contributed by atoms with E-state index in [-0.39, 0.29) is 5.78 Å². The number of ketones is 1. The van der Waals surface area contributed by atoms with E-state index >= 15 is 0 Å². The van der Waals surface area contributed by atoms with Gasteiger partial charge in [-0.3, -0.25) is 4.79 Å². The van der Waals surface area contributed by atoms with Gasteiger partial charge in [-0.25, -0.2) is 0 Å². The standard InChI is InChI=1S/C20H18N2O2/c1-2-24-15-7-8-19-14(11-15)9-10-22(19)13-20(23)17-12-21-18-6-4-3-5-16(17)18/h3-12,21H,2,13H2,1H3. The number of nitrogens with one attached hydrogen (secondary N) is 1. The maximum Gasteiger partial charge on any atom is 0.184 e. The molecule has 4 aromatic rings. The van der Waals surface area contributed by atoms with Gasteiger partial charge in [-0.1, -0.05) is 18.2 Å². The first-order chi connectivity index (χ1) is 11.8. The van der Waals surface area contributed by atoms with Gasteiger partial charge in [0.2, 0.25) is 0 Å². The van der Waals surface area contributed by atoms with Gasteiger partial charge in [0, 0.05) is 39.8 Å². The van der Waals surface area contributed by atoms with E-state index in [9.17, 15) is 4.79 Å². The maximum absolute atomic E-state index is 12.7. The number of rotatable bonds is 5. The van der Waals surface area contributed by atoms with Crippen LogP contribution in [-0.4, -0.2) is 21.9 Å². The quantitative estimate of drug-likeness (QED) is 0.554. The minimum atomic E-state index is 0.0961. The molecule has 0 amide bonds. The van der Waals surface area contributed by atoms with E-state index in [1.54, 1.807) is 6.20 Å². The number of hydrogen-bond acceptors (Lipinski definition) is 2. The van der Waals surface area contributed by atoms with Gasteiger partial charge < -0.3 is 14.3 Å². The minimum Gasteiger partial charge on any atom is -0.494 e. The zero-order valence-corrected chi connectivity index (χ0v) is 13.5. The molecule has 24 heavy (non-hydrogen) atoms. The van der Waals surface area contributed by atoms with E-state index < -0.39 is 0 Å². The van der Waals surface area contributed by atoms with Crippen molar-refractivity contribution in [2.75, 3.05) is 6.61 Å². The van der Waals surface area contributed by atoms with Crippen molar-refractivity contribution < 1.29 is 9.53 Å². The Labute approximate surface area is 139 Å². The fraction of sp³-hybridized carbons (Fsp3) is 0.150. The van der Waals surface area contributed by atoms with E-state index in [4.69, 9.17) is 4.74 Å². The second kappa shape index (κ2) is 5.89. The van der Waals surface area contributed by atoms with Crippen molar-refractivity contribution in [1.82, 2.24) is 9.55 Å². The Morgan fingerprint density at radius 3 is 2.92 bits per heavy atom. The highest BCUT2D eigenvalue weighted by molar-refractivity contribution is 6.08. The van der Waals surface area contributed by atoms with Gasteiger partial charge in [0.25, 0.3) is 0 Å². The number of H-pyrrole nitrogens is 1. The fourth-order valence-electron chi connectivity index (χ4n) is 3.11. The number of nitrogens with zero attached hydrogens (tertiary/aromatic N) is 1. The van der Waals surface area contributed by atoms with Crippen LogP contribution in [0.2, 0.25) is 0 Å². The molecule has 1 N–H and O–H groups in total. The van der Waals surface area contributed by atoms with Crippen molar-refractivity contribution in [2.45, 2.75) is 13.5 Å². The van der Waals surface area contributed by atoms with Gasteiger partial charge in [-0.05, 0) is 37.3 Å². The zero-order chi connectivity index (χ0) is 16.5. The molecule has 4 nitrogen and oxygen atoms in total. The lowest BCUT2D eigenvalue weighted by Gasteiger charge is -2.06. The highest BCUT2D eigenvalue weighted by atomic mass is 16.5. The second-order valence-electron chi connectivity index (χ2n) is 5.77. The lowest BCUT2D eigenvalue weighted by atomic mass is 10.1. The van der Waals surface area contributed by atoms with Crippen LogP contribution >= 0.6 is 0 Å². The molecule has 0 saturated heterocycles. The molecular formula is C20H18N2O2. The number of benzene rings is 2. The van der Waals surface area contributed by atoms with Crippen molar-refractivity contribution in [3.05, 3.63) is 66.5 Å². The summed E-state index contributed by atoms with van der Waals surface area (Å²) in [6, 6.07) is 15.8. The molecule has 0 bridgehead atoms. The van der Waals surface area contributed by atoms with Gasteiger partial charge in [0.15, 0.2) is 5.78 Å². The number of Topliss-reactive ketones (excluding diaryl/α,β-unsaturated/α-hetero) is 1. The Bertz CT molecular complexity index is 1030. The summed E-state index contributed by atoms with van der Waals surface area (Å²) in [6.07, 6.45) is 3.75. The van der Waals surface area contributed by atoms with Gasteiger partial charge in [0.05, 0.1) is 13.2 Å². The molecule has 0 spiro atoms. The van der Waals surface area contributed by atoms with Crippen LogP contribution in [0.3, 0.4) is 0 Å². The first-order valence-electron chi connectivity index (χ1n) is 8.07. The summed E-state index contributed by atoms with van der Waals surface area (Å²) in [4.78, 5) is 15.9. The van der Waals surface area contributed by atoms with Crippen LogP contribution < -0.4 is 4.74 Å². The van der Waals surface area contributed by atoms with Crippen molar-refractivity contribution >= 4 is 27.6 Å². The number of carbonyl (C=O) groups is 1. The van der Waals surface area contributed by atoms with E-state index in [1.165, 1.54) is 0 Å². The largest absolute Gasteiger partial charge is 0.494 e. The lowest BCUT2D eigenvalue weighted by Crippen LogP contribution is -2.09. The Balaban J connectivity index is 1.65. The van der Waals surface area contributed by atoms with Crippen LogP contribution in [0.5, 0.6) is 5.75 Å². The summed E-state index contributed by atoms with van der Waals surface area (Å²) < 4.78 is 7.51. The molecule has 0 unspecified atom stereocenters. The van der Waals surface area contributed by atoms with E-state index in [2.05, 4.69) is 4.98 Å². The van der Waals surface area contributed by atoms with Crippen LogP contribution in [-0.2, 0) is 6.54 Å². The monoisotopic (exact) mass is 318 g/mol. The third kappa shape index (κ3) is 2.46. The topological polar surface area (TPSA) is 47.0 Å². The molecular weight excluding hydrogens is 300 g/mol. The Morgan fingerprint density at radius 2 is 2.04 bits per heavy atom. The van der Waals surface area contributed by atoms with Crippen LogP contribution in [0.25, 0.3) is 21.8 Å². The summed E-state index contributed by atoms with van der Waals surface area (Å²) in [5, 5.41) is 2.05. The molecule has 2 heterocycles. The second-order valence-corrected chi connectivity index (χ2v) is 5.77. The van der Waals surface area contributed by atoms with Gasteiger partial charge in [-0.15, -0.1) is 0 Å². The normalized spacial score (nSPS) is 11.2. The third-order valence-corrected chi connectivity index (χ3v) is 4.26.